The smallest absolute Gasteiger partial charge is 0.341 e. The predicted octanol–water partition coefficient (Wildman–Crippen LogP) is 3.59. The first-order valence-corrected chi connectivity index (χ1v) is 8.26. The number of hydrogen-bond donors (Lipinski definition) is 1. The molecule has 0 saturated carbocycles. The second-order valence-corrected chi connectivity index (χ2v) is 5.84. The van der Waals surface area contributed by atoms with Crippen molar-refractivity contribution in [1.29, 1.82) is 0 Å². The molecule has 0 spiro atoms. The number of pyridine rings is 1. The van der Waals surface area contributed by atoms with Gasteiger partial charge in [0.1, 0.15) is 11.4 Å². The number of carbonyl (C=O) groups excluding carboxylic acids is 1. The molecule has 4 nitrogen and oxygen atoms in total. The van der Waals surface area contributed by atoms with Crippen molar-refractivity contribution >= 4 is 23.5 Å². The summed E-state index contributed by atoms with van der Waals surface area (Å²) in [6, 6.07) is 3.49. The van der Waals surface area contributed by atoms with Gasteiger partial charge in [0.25, 0.3) is 0 Å². The van der Waals surface area contributed by atoms with E-state index in [0.717, 1.165) is 19.4 Å². The van der Waals surface area contributed by atoms with Crippen LogP contribution in [0.1, 0.15) is 44.0 Å². The van der Waals surface area contributed by atoms with Crippen LogP contribution in [0, 0.1) is 0 Å². The number of hydrogen-bond acceptors (Lipinski definition) is 5. The number of esters is 1. The van der Waals surface area contributed by atoms with Gasteiger partial charge < -0.3 is 10.1 Å². The zero-order valence-corrected chi connectivity index (χ0v) is 13.5. The topological polar surface area (TPSA) is 51.2 Å². The molecule has 0 unspecified atom stereocenters. The van der Waals surface area contributed by atoms with E-state index in [9.17, 15) is 4.79 Å². The fourth-order valence-corrected chi connectivity index (χ4v) is 2.82. The lowest BCUT2D eigenvalue weighted by Gasteiger charge is -2.30. The highest BCUT2D eigenvalue weighted by atomic mass is 32.2. The molecular weight excluding hydrogens is 272 g/mol. The van der Waals surface area contributed by atoms with E-state index in [4.69, 9.17) is 4.74 Å². The van der Waals surface area contributed by atoms with Crippen molar-refractivity contribution in [3.8, 4) is 0 Å². The molecule has 1 N–H and O–H groups in total. The van der Waals surface area contributed by atoms with Gasteiger partial charge in [0.15, 0.2) is 0 Å². The molecule has 1 aromatic heterocycles. The van der Waals surface area contributed by atoms with Gasteiger partial charge in [-0.2, -0.15) is 11.8 Å². The van der Waals surface area contributed by atoms with Gasteiger partial charge >= 0.3 is 5.97 Å². The van der Waals surface area contributed by atoms with Gasteiger partial charge in [0, 0.05) is 17.5 Å². The third-order valence-electron chi connectivity index (χ3n) is 3.60. The summed E-state index contributed by atoms with van der Waals surface area (Å²) in [6.45, 7) is 7.32. The van der Waals surface area contributed by atoms with Crippen LogP contribution >= 0.6 is 11.8 Å². The highest BCUT2D eigenvalue weighted by Crippen LogP contribution is 2.30. The van der Waals surface area contributed by atoms with Gasteiger partial charge in [-0.15, -0.1) is 0 Å². The zero-order valence-electron chi connectivity index (χ0n) is 12.7. The lowest BCUT2D eigenvalue weighted by atomic mass is 10.0. The summed E-state index contributed by atoms with van der Waals surface area (Å²) < 4.78 is 5.23. The predicted molar refractivity (Wildman–Crippen MR) is 85.5 cm³/mol. The molecule has 1 heterocycles. The average Bonchev–Trinajstić information content (AvgIpc) is 2.50. The summed E-state index contributed by atoms with van der Waals surface area (Å²) in [5.41, 5.74) is 0.497. The largest absolute Gasteiger partial charge is 0.462 e. The fraction of sp³-hybridized carbons (Fsp3) is 0.600. The standard InChI is InChI=1S/C15H24N2O2S/c1-5-15(6-2,20-4)11-17-13-12(9-8-10-16-13)14(18)19-7-3/h8-10H,5-7,11H2,1-4H3,(H,16,17). The van der Waals surface area contributed by atoms with Gasteiger partial charge in [-0.1, -0.05) is 13.8 Å². The number of ether oxygens (including phenoxy) is 1. The van der Waals surface area contributed by atoms with E-state index in [0.29, 0.717) is 18.0 Å². The molecule has 5 heteroatoms. The Kier molecular flexibility index (Phi) is 6.85. The summed E-state index contributed by atoms with van der Waals surface area (Å²) in [6.07, 6.45) is 5.95. The van der Waals surface area contributed by atoms with Crippen LogP contribution in [0.2, 0.25) is 0 Å². The van der Waals surface area contributed by atoms with E-state index in [-0.39, 0.29) is 10.7 Å². The Morgan fingerprint density at radius 3 is 2.65 bits per heavy atom. The molecule has 0 aliphatic carbocycles. The van der Waals surface area contributed by atoms with E-state index in [1.807, 2.05) is 11.8 Å². The molecule has 1 rings (SSSR count). The van der Waals surface area contributed by atoms with Crippen LogP contribution in [0.25, 0.3) is 0 Å². The normalized spacial score (nSPS) is 11.2. The number of nitrogens with zero attached hydrogens (tertiary/aromatic N) is 1. The minimum Gasteiger partial charge on any atom is -0.462 e. The number of aromatic nitrogens is 1. The third kappa shape index (κ3) is 4.13. The summed E-state index contributed by atoms with van der Waals surface area (Å²) in [5.74, 6) is 0.275. The lowest BCUT2D eigenvalue weighted by molar-refractivity contribution is 0.0527. The second-order valence-electron chi connectivity index (χ2n) is 4.57. The van der Waals surface area contributed by atoms with E-state index in [1.165, 1.54) is 0 Å². The molecule has 20 heavy (non-hydrogen) atoms. The molecule has 0 aliphatic heterocycles. The van der Waals surface area contributed by atoms with E-state index < -0.39 is 0 Å². The van der Waals surface area contributed by atoms with E-state index in [2.05, 4.69) is 30.4 Å². The minimum atomic E-state index is -0.328. The minimum absolute atomic E-state index is 0.170. The molecule has 0 atom stereocenters. The monoisotopic (exact) mass is 296 g/mol. The van der Waals surface area contributed by atoms with Crippen molar-refractivity contribution in [1.82, 2.24) is 4.98 Å². The van der Waals surface area contributed by atoms with Gasteiger partial charge in [-0.05, 0) is 38.2 Å². The van der Waals surface area contributed by atoms with Crippen LogP contribution in [0.15, 0.2) is 18.3 Å². The molecule has 0 fully saturated rings. The summed E-state index contributed by atoms with van der Waals surface area (Å²) in [7, 11) is 0. The zero-order chi connectivity index (χ0) is 15.0. The second kappa shape index (κ2) is 8.15. The lowest BCUT2D eigenvalue weighted by Crippen LogP contribution is -2.32. The van der Waals surface area contributed by atoms with Crippen molar-refractivity contribution < 1.29 is 9.53 Å². The Balaban J connectivity index is 2.85. The van der Waals surface area contributed by atoms with Crippen molar-refractivity contribution in [2.24, 2.45) is 0 Å². The molecule has 0 bridgehead atoms. The van der Waals surface area contributed by atoms with Crippen molar-refractivity contribution in [3.05, 3.63) is 23.9 Å². The first-order valence-electron chi connectivity index (χ1n) is 7.03. The molecule has 0 saturated heterocycles. The maximum absolute atomic E-state index is 11.9. The number of anilines is 1. The Labute approximate surface area is 125 Å². The Morgan fingerprint density at radius 1 is 1.40 bits per heavy atom. The molecule has 1 aromatic rings. The van der Waals surface area contributed by atoms with E-state index >= 15 is 0 Å². The van der Waals surface area contributed by atoms with Crippen LogP contribution in [-0.4, -0.2) is 35.1 Å². The number of rotatable bonds is 8. The van der Waals surface area contributed by atoms with Crippen LogP contribution < -0.4 is 5.32 Å². The summed E-state index contributed by atoms with van der Waals surface area (Å²) in [4.78, 5) is 16.2. The Bertz CT molecular complexity index is 425. The van der Waals surface area contributed by atoms with Crippen LogP contribution in [0.4, 0.5) is 5.82 Å². The molecule has 0 radical (unpaired) electrons. The Morgan fingerprint density at radius 2 is 2.10 bits per heavy atom. The summed E-state index contributed by atoms with van der Waals surface area (Å²) in [5, 5.41) is 3.31. The highest BCUT2D eigenvalue weighted by molar-refractivity contribution is 8.00. The summed E-state index contributed by atoms with van der Waals surface area (Å²) >= 11 is 1.85. The van der Waals surface area contributed by atoms with Crippen LogP contribution in [0.5, 0.6) is 0 Å². The molecule has 0 amide bonds. The van der Waals surface area contributed by atoms with E-state index in [1.54, 1.807) is 25.3 Å². The maximum atomic E-state index is 11.9. The molecule has 0 aromatic carbocycles. The highest BCUT2D eigenvalue weighted by Gasteiger charge is 2.25. The third-order valence-corrected chi connectivity index (χ3v) is 5.19. The maximum Gasteiger partial charge on any atom is 0.341 e. The van der Waals surface area contributed by atoms with Crippen molar-refractivity contribution in [2.75, 3.05) is 24.7 Å². The fourth-order valence-electron chi connectivity index (χ4n) is 2.03. The SMILES string of the molecule is CCOC(=O)c1cccnc1NCC(CC)(CC)SC. The number of nitrogens with one attached hydrogen (secondary N) is 1. The number of thioether (sulfide) groups is 1. The number of carbonyl (C=O) groups is 1. The quantitative estimate of drug-likeness (QED) is 0.743. The van der Waals surface area contributed by atoms with Crippen molar-refractivity contribution in [2.45, 2.75) is 38.4 Å². The van der Waals surface area contributed by atoms with Gasteiger partial charge in [-0.3, -0.25) is 0 Å². The molecule has 112 valence electrons. The average molecular weight is 296 g/mol. The Hall–Kier alpha value is -1.23. The van der Waals surface area contributed by atoms with Crippen LogP contribution in [0.3, 0.4) is 0 Å². The van der Waals surface area contributed by atoms with Crippen molar-refractivity contribution in [3.63, 3.8) is 0 Å². The van der Waals surface area contributed by atoms with Gasteiger partial charge in [-0.25, -0.2) is 9.78 Å². The molecular formula is C15H24N2O2S. The molecule has 0 aliphatic rings. The first-order chi connectivity index (χ1) is 9.62. The van der Waals surface area contributed by atoms with Crippen LogP contribution in [-0.2, 0) is 4.74 Å². The van der Waals surface area contributed by atoms with Gasteiger partial charge in [0.05, 0.1) is 6.61 Å². The first kappa shape index (κ1) is 16.8. The van der Waals surface area contributed by atoms with Gasteiger partial charge in [0.2, 0.25) is 0 Å².